The number of aryl methyl sites for hydroxylation is 1. The highest BCUT2D eigenvalue weighted by Gasteiger charge is 2.36. The Bertz CT molecular complexity index is 1110. The van der Waals surface area contributed by atoms with Crippen molar-refractivity contribution in [1.29, 1.82) is 0 Å². The lowest BCUT2D eigenvalue weighted by molar-refractivity contribution is -0.142. The molecule has 8 heteroatoms. The molecule has 150 valence electrons. The van der Waals surface area contributed by atoms with Crippen LogP contribution in [0.3, 0.4) is 0 Å². The van der Waals surface area contributed by atoms with Crippen molar-refractivity contribution >= 4 is 11.6 Å². The first-order valence-corrected chi connectivity index (χ1v) is 8.91. The number of carbonyl (C=O) groups excluding carboxylic acids is 1. The third kappa shape index (κ3) is 4.09. The Morgan fingerprint density at radius 1 is 1.24 bits per heavy atom. The van der Waals surface area contributed by atoms with Gasteiger partial charge in [0.15, 0.2) is 17.0 Å². The van der Waals surface area contributed by atoms with Crippen molar-refractivity contribution < 1.29 is 18.0 Å². The maximum absolute atomic E-state index is 13.7. The van der Waals surface area contributed by atoms with E-state index in [1.54, 1.807) is 38.1 Å². The third-order valence-corrected chi connectivity index (χ3v) is 4.71. The smallest absolute Gasteiger partial charge is 0.335 e. The number of terminal acetylenes is 1. The molecule has 0 aliphatic heterocycles. The van der Waals surface area contributed by atoms with Crippen LogP contribution in [0, 0.1) is 19.3 Å². The van der Waals surface area contributed by atoms with Gasteiger partial charge in [-0.25, -0.2) is 9.50 Å². The molecule has 3 rings (SSSR count). The van der Waals surface area contributed by atoms with Crippen molar-refractivity contribution in [3.63, 3.8) is 0 Å². The molecule has 0 unspecified atom stereocenters. The highest BCUT2D eigenvalue weighted by Crippen LogP contribution is 2.32. The SMILES string of the molecule is C#C[C@@](C)(CC)NC(=O)c1cc2nc(-c3ccc(C)cc3)cc(C(F)(F)F)n2n1. The number of rotatable bonds is 4. The average molecular weight is 400 g/mol. The molecular weight excluding hydrogens is 381 g/mol. The Labute approximate surface area is 166 Å². The van der Waals surface area contributed by atoms with Gasteiger partial charge in [0.05, 0.1) is 11.2 Å². The maximum atomic E-state index is 13.7. The van der Waals surface area contributed by atoms with E-state index in [-0.39, 0.29) is 17.0 Å². The molecule has 0 aliphatic carbocycles. The molecule has 29 heavy (non-hydrogen) atoms. The van der Waals surface area contributed by atoms with Crippen LogP contribution in [0.15, 0.2) is 36.4 Å². The van der Waals surface area contributed by atoms with Gasteiger partial charge >= 0.3 is 6.18 Å². The lowest BCUT2D eigenvalue weighted by atomic mass is 10.0. The summed E-state index contributed by atoms with van der Waals surface area (Å²) in [5.41, 5.74) is -0.590. The first kappa shape index (κ1) is 20.4. The Morgan fingerprint density at radius 2 is 1.90 bits per heavy atom. The molecular formula is C21H19F3N4O. The Balaban J connectivity index is 2.12. The van der Waals surface area contributed by atoms with Gasteiger partial charge in [-0.15, -0.1) is 6.42 Å². The van der Waals surface area contributed by atoms with E-state index < -0.39 is 23.3 Å². The first-order valence-electron chi connectivity index (χ1n) is 8.91. The number of amides is 1. The van der Waals surface area contributed by atoms with Crippen LogP contribution in [0.25, 0.3) is 16.9 Å². The zero-order chi connectivity index (χ0) is 21.4. The summed E-state index contributed by atoms with van der Waals surface area (Å²) in [6, 6.07) is 9.10. The van der Waals surface area contributed by atoms with Crippen LogP contribution < -0.4 is 5.32 Å². The fourth-order valence-corrected chi connectivity index (χ4v) is 2.70. The normalized spacial score (nSPS) is 13.7. The molecule has 1 amide bonds. The van der Waals surface area contributed by atoms with Crippen molar-refractivity contribution in [3.8, 4) is 23.6 Å². The van der Waals surface area contributed by atoms with E-state index in [1.165, 1.54) is 6.07 Å². The molecule has 1 atom stereocenters. The summed E-state index contributed by atoms with van der Waals surface area (Å²) in [6.07, 6.45) is 1.21. The topological polar surface area (TPSA) is 59.3 Å². The fraction of sp³-hybridized carbons (Fsp3) is 0.286. The molecule has 0 fully saturated rings. The summed E-state index contributed by atoms with van der Waals surface area (Å²) < 4.78 is 41.6. The van der Waals surface area contributed by atoms with Gasteiger partial charge in [-0.05, 0) is 26.3 Å². The average Bonchev–Trinajstić information content (AvgIpc) is 3.11. The van der Waals surface area contributed by atoms with Crippen molar-refractivity contribution in [1.82, 2.24) is 19.9 Å². The molecule has 0 saturated carbocycles. The number of benzene rings is 1. The summed E-state index contributed by atoms with van der Waals surface area (Å²) in [4.78, 5) is 16.8. The minimum atomic E-state index is -4.68. The summed E-state index contributed by atoms with van der Waals surface area (Å²) in [6.45, 7) is 5.32. The Hall–Kier alpha value is -3.34. The van der Waals surface area contributed by atoms with Crippen LogP contribution in [-0.2, 0) is 6.18 Å². The highest BCUT2D eigenvalue weighted by molar-refractivity contribution is 5.94. The predicted octanol–water partition coefficient (Wildman–Crippen LogP) is 4.26. The molecule has 0 aliphatic rings. The fourth-order valence-electron chi connectivity index (χ4n) is 2.70. The van der Waals surface area contributed by atoms with Crippen molar-refractivity contribution in [3.05, 3.63) is 53.3 Å². The van der Waals surface area contributed by atoms with Gasteiger partial charge < -0.3 is 5.32 Å². The molecule has 1 N–H and O–H groups in total. The molecule has 3 aromatic rings. The van der Waals surface area contributed by atoms with Crippen LogP contribution in [0.2, 0.25) is 0 Å². The maximum Gasteiger partial charge on any atom is 0.433 e. The lowest BCUT2D eigenvalue weighted by Gasteiger charge is -2.22. The van der Waals surface area contributed by atoms with E-state index in [0.717, 1.165) is 11.6 Å². The van der Waals surface area contributed by atoms with E-state index in [2.05, 4.69) is 21.3 Å². The number of hydrogen-bond acceptors (Lipinski definition) is 3. The van der Waals surface area contributed by atoms with Crippen molar-refractivity contribution in [2.45, 2.75) is 38.9 Å². The van der Waals surface area contributed by atoms with Gasteiger partial charge in [0, 0.05) is 11.6 Å². The van der Waals surface area contributed by atoms with Crippen molar-refractivity contribution in [2.24, 2.45) is 0 Å². The minimum absolute atomic E-state index is 0.0838. The largest absolute Gasteiger partial charge is 0.433 e. The van der Waals surface area contributed by atoms with Gasteiger partial charge in [0.1, 0.15) is 0 Å². The molecule has 0 saturated heterocycles. The second-order valence-electron chi connectivity index (χ2n) is 6.97. The molecule has 1 aromatic carbocycles. The number of nitrogens with one attached hydrogen (secondary N) is 1. The Kier molecular flexibility index (Phi) is 5.09. The summed E-state index contributed by atoms with van der Waals surface area (Å²) in [7, 11) is 0. The second kappa shape index (κ2) is 7.24. The number of hydrogen-bond donors (Lipinski definition) is 1. The molecule has 0 spiro atoms. The third-order valence-electron chi connectivity index (χ3n) is 4.71. The standard InChI is InChI=1S/C21H19F3N4O/c1-5-20(4,6-2)26-19(29)16-12-18-25-15(14-9-7-13(3)8-10-14)11-17(21(22,23)24)28(18)27-16/h1,7-12H,6H2,2-4H3,(H,26,29)/t20-/m0/s1. The minimum Gasteiger partial charge on any atom is -0.335 e. The lowest BCUT2D eigenvalue weighted by Crippen LogP contribution is -2.44. The van der Waals surface area contributed by atoms with Crippen LogP contribution in [0.5, 0.6) is 0 Å². The van der Waals surface area contributed by atoms with Gasteiger partial charge in [0.25, 0.3) is 5.91 Å². The molecule has 5 nitrogen and oxygen atoms in total. The van der Waals surface area contributed by atoms with Crippen LogP contribution in [0.1, 0.15) is 42.0 Å². The van der Waals surface area contributed by atoms with Crippen molar-refractivity contribution in [2.75, 3.05) is 0 Å². The number of carbonyl (C=O) groups is 1. The Morgan fingerprint density at radius 3 is 2.45 bits per heavy atom. The number of alkyl halides is 3. The van der Waals surface area contributed by atoms with E-state index in [0.29, 0.717) is 16.5 Å². The quantitative estimate of drug-likeness (QED) is 0.666. The molecule has 0 bridgehead atoms. The van der Waals surface area contributed by atoms with Gasteiger partial charge in [0.2, 0.25) is 0 Å². The number of nitrogens with zero attached hydrogens (tertiary/aromatic N) is 3. The zero-order valence-corrected chi connectivity index (χ0v) is 16.1. The van der Waals surface area contributed by atoms with Gasteiger partial charge in [-0.2, -0.15) is 18.3 Å². The summed E-state index contributed by atoms with van der Waals surface area (Å²) in [5.74, 6) is 1.81. The predicted molar refractivity (Wildman–Crippen MR) is 103 cm³/mol. The number of fused-ring (bicyclic) bond motifs is 1. The van der Waals surface area contributed by atoms with Gasteiger partial charge in [-0.3, -0.25) is 4.79 Å². The number of halogens is 3. The van der Waals surface area contributed by atoms with Gasteiger partial charge in [-0.1, -0.05) is 42.7 Å². The summed E-state index contributed by atoms with van der Waals surface area (Å²) >= 11 is 0. The zero-order valence-electron chi connectivity index (χ0n) is 16.1. The highest BCUT2D eigenvalue weighted by atomic mass is 19.4. The second-order valence-corrected chi connectivity index (χ2v) is 6.97. The molecule has 2 aromatic heterocycles. The molecule has 0 radical (unpaired) electrons. The van der Waals surface area contributed by atoms with Crippen LogP contribution in [0.4, 0.5) is 13.2 Å². The van der Waals surface area contributed by atoms with E-state index in [9.17, 15) is 18.0 Å². The first-order chi connectivity index (χ1) is 13.6. The van der Waals surface area contributed by atoms with E-state index in [1.807, 2.05) is 6.92 Å². The van der Waals surface area contributed by atoms with E-state index in [4.69, 9.17) is 6.42 Å². The van der Waals surface area contributed by atoms with E-state index >= 15 is 0 Å². The molecule has 2 heterocycles. The summed E-state index contributed by atoms with van der Waals surface area (Å²) in [5, 5.41) is 6.46. The van der Waals surface area contributed by atoms with Crippen LogP contribution >= 0.6 is 0 Å². The monoisotopic (exact) mass is 400 g/mol. The van der Waals surface area contributed by atoms with Crippen LogP contribution in [-0.4, -0.2) is 26.0 Å². The number of aromatic nitrogens is 3.